The number of amides is 1. The highest BCUT2D eigenvalue weighted by Gasteiger charge is 2.34. The summed E-state index contributed by atoms with van der Waals surface area (Å²) >= 11 is 0. The molecule has 4 nitrogen and oxygen atoms in total. The van der Waals surface area contributed by atoms with Crippen LogP contribution >= 0.6 is 0 Å². The molecule has 0 unspecified atom stereocenters. The van der Waals surface area contributed by atoms with Gasteiger partial charge in [-0.3, -0.25) is 4.79 Å². The minimum absolute atomic E-state index is 0.143. The van der Waals surface area contributed by atoms with Gasteiger partial charge in [-0.2, -0.15) is 10.5 Å². The summed E-state index contributed by atoms with van der Waals surface area (Å²) in [7, 11) is 0. The predicted octanol–water partition coefficient (Wildman–Crippen LogP) is 3.65. The molecule has 1 aliphatic rings. The van der Waals surface area contributed by atoms with Crippen LogP contribution in [0.3, 0.4) is 0 Å². The molecule has 4 heteroatoms. The molecule has 0 saturated heterocycles. The Bertz CT molecular complexity index is 942. The molecule has 1 amide bonds. The van der Waals surface area contributed by atoms with E-state index < -0.39 is 0 Å². The van der Waals surface area contributed by atoms with Crippen LogP contribution in [0.15, 0.2) is 48.0 Å². The van der Waals surface area contributed by atoms with Crippen molar-refractivity contribution in [3.05, 3.63) is 70.3 Å². The second-order valence-electron chi connectivity index (χ2n) is 5.81. The molecule has 0 aliphatic carbocycles. The SMILES string of the molecule is Cc1ccc(C)c(CN2C(=O)C(=C(C#N)C#N)c3ccccc32)c1. The maximum absolute atomic E-state index is 12.9. The van der Waals surface area contributed by atoms with Crippen LogP contribution < -0.4 is 4.90 Å². The van der Waals surface area contributed by atoms with Crippen molar-refractivity contribution in [1.82, 2.24) is 0 Å². The molecule has 0 radical (unpaired) electrons. The number of nitriles is 2. The average Bonchev–Trinajstić information content (AvgIpc) is 2.86. The van der Waals surface area contributed by atoms with E-state index in [2.05, 4.69) is 6.07 Å². The van der Waals surface area contributed by atoms with Gasteiger partial charge in [-0.05, 0) is 31.0 Å². The zero-order valence-corrected chi connectivity index (χ0v) is 13.5. The fourth-order valence-electron chi connectivity index (χ4n) is 2.96. The summed E-state index contributed by atoms with van der Waals surface area (Å²) in [5.41, 5.74) is 4.71. The molecule has 0 atom stereocenters. The van der Waals surface area contributed by atoms with E-state index >= 15 is 0 Å². The van der Waals surface area contributed by atoms with Crippen LogP contribution in [0.4, 0.5) is 5.69 Å². The van der Waals surface area contributed by atoms with E-state index in [1.165, 1.54) is 0 Å². The normalized spacial score (nSPS) is 12.6. The predicted molar refractivity (Wildman–Crippen MR) is 91.7 cm³/mol. The van der Waals surface area contributed by atoms with Gasteiger partial charge in [0.05, 0.1) is 17.8 Å². The second kappa shape index (κ2) is 6.02. The number of anilines is 1. The molecule has 0 spiro atoms. The Hall–Kier alpha value is -3.37. The number of carbonyl (C=O) groups is 1. The molecule has 1 heterocycles. The Morgan fingerprint density at radius 2 is 1.79 bits per heavy atom. The fraction of sp³-hybridized carbons (Fsp3) is 0.150. The van der Waals surface area contributed by atoms with Gasteiger partial charge < -0.3 is 4.90 Å². The lowest BCUT2D eigenvalue weighted by Gasteiger charge is -2.19. The topological polar surface area (TPSA) is 67.9 Å². The van der Waals surface area contributed by atoms with E-state index in [1.54, 1.807) is 17.0 Å². The standard InChI is InChI=1S/C20H15N3O/c1-13-7-8-14(2)15(9-13)12-23-18-6-4-3-5-17(18)19(20(23)24)16(10-21)11-22/h3-9H,12H2,1-2H3. The first-order valence-corrected chi connectivity index (χ1v) is 7.58. The minimum Gasteiger partial charge on any atom is -0.303 e. The summed E-state index contributed by atoms with van der Waals surface area (Å²) in [4.78, 5) is 14.5. The summed E-state index contributed by atoms with van der Waals surface area (Å²) in [6, 6.07) is 17.1. The van der Waals surface area contributed by atoms with Gasteiger partial charge in [0.1, 0.15) is 17.7 Å². The van der Waals surface area contributed by atoms with Crippen LogP contribution in [-0.2, 0) is 11.3 Å². The van der Waals surface area contributed by atoms with E-state index in [9.17, 15) is 15.3 Å². The molecule has 1 aliphatic heterocycles. The van der Waals surface area contributed by atoms with Crippen LogP contribution in [0.5, 0.6) is 0 Å². The van der Waals surface area contributed by atoms with Crippen LogP contribution in [-0.4, -0.2) is 5.91 Å². The first kappa shape index (κ1) is 15.5. The highest BCUT2D eigenvalue weighted by Crippen LogP contribution is 2.39. The number of carbonyl (C=O) groups excluding carboxylic acids is 1. The number of para-hydroxylation sites is 1. The molecule has 116 valence electrons. The van der Waals surface area contributed by atoms with Crippen molar-refractivity contribution in [2.45, 2.75) is 20.4 Å². The summed E-state index contributed by atoms with van der Waals surface area (Å²) in [6.07, 6.45) is 0. The summed E-state index contributed by atoms with van der Waals surface area (Å²) in [6.45, 7) is 4.43. The Labute approximate surface area is 140 Å². The number of hydrogen-bond donors (Lipinski definition) is 0. The van der Waals surface area contributed by atoms with E-state index in [-0.39, 0.29) is 17.1 Å². The summed E-state index contributed by atoms with van der Waals surface area (Å²) in [5, 5.41) is 18.4. The number of allylic oxidation sites excluding steroid dienone is 1. The van der Waals surface area contributed by atoms with Crippen molar-refractivity contribution in [2.75, 3.05) is 4.90 Å². The highest BCUT2D eigenvalue weighted by atomic mass is 16.2. The number of hydrogen-bond acceptors (Lipinski definition) is 3. The van der Waals surface area contributed by atoms with E-state index in [0.717, 1.165) is 22.4 Å². The lowest BCUT2D eigenvalue weighted by Crippen LogP contribution is -2.26. The number of fused-ring (bicyclic) bond motifs is 1. The Morgan fingerprint density at radius 3 is 2.50 bits per heavy atom. The van der Waals surface area contributed by atoms with E-state index in [4.69, 9.17) is 0 Å². The van der Waals surface area contributed by atoms with Crippen LogP contribution in [0, 0.1) is 36.5 Å². The van der Waals surface area contributed by atoms with Gasteiger partial charge in [-0.15, -0.1) is 0 Å². The van der Waals surface area contributed by atoms with Gasteiger partial charge in [0.15, 0.2) is 0 Å². The molecule has 0 aromatic heterocycles. The van der Waals surface area contributed by atoms with Crippen molar-refractivity contribution in [3.63, 3.8) is 0 Å². The van der Waals surface area contributed by atoms with Crippen LogP contribution in [0.1, 0.15) is 22.3 Å². The lowest BCUT2D eigenvalue weighted by molar-refractivity contribution is -0.113. The van der Waals surface area contributed by atoms with Crippen molar-refractivity contribution < 1.29 is 4.79 Å². The number of benzene rings is 2. The quantitative estimate of drug-likeness (QED) is 0.628. The Kier molecular flexibility index (Phi) is 3.90. The number of aryl methyl sites for hydroxylation is 2. The summed E-state index contributed by atoms with van der Waals surface area (Å²) in [5.74, 6) is -0.296. The number of nitrogens with zero attached hydrogens (tertiary/aromatic N) is 3. The van der Waals surface area contributed by atoms with Gasteiger partial charge in [0, 0.05) is 5.56 Å². The molecule has 2 aromatic rings. The maximum atomic E-state index is 12.9. The molecule has 3 rings (SSSR count). The van der Waals surface area contributed by atoms with Crippen molar-refractivity contribution >= 4 is 17.2 Å². The first-order chi connectivity index (χ1) is 11.6. The summed E-state index contributed by atoms with van der Waals surface area (Å²) < 4.78 is 0. The van der Waals surface area contributed by atoms with Gasteiger partial charge in [-0.1, -0.05) is 42.0 Å². The molecule has 24 heavy (non-hydrogen) atoms. The van der Waals surface area contributed by atoms with E-state index in [0.29, 0.717) is 12.1 Å². The third-order valence-electron chi connectivity index (χ3n) is 4.23. The number of rotatable bonds is 2. The van der Waals surface area contributed by atoms with Gasteiger partial charge in [0.2, 0.25) is 0 Å². The van der Waals surface area contributed by atoms with Gasteiger partial charge in [0.25, 0.3) is 5.91 Å². The molecule has 2 aromatic carbocycles. The van der Waals surface area contributed by atoms with Gasteiger partial charge in [-0.25, -0.2) is 0 Å². The largest absolute Gasteiger partial charge is 0.303 e. The Balaban J connectivity index is 2.13. The maximum Gasteiger partial charge on any atom is 0.261 e. The zero-order valence-electron chi connectivity index (χ0n) is 13.5. The zero-order chi connectivity index (χ0) is 17.3. The fourth-order valence-corrected chi connectivity index (χ4v) is 2.96. The highest BCUT2D eigenvalue weighted by molar-refractivity contribution is 6.34. The molecular weight excluding hydrogens is 298 g/mol. The molecular formula is C20H15N3O. The lowest BCUT2D eigenvalue weighted by atomic mass is 10.0. The third kappa shape index (κ3) is 2.45. The molecule has 0 N–H and O–H groups in total. The first-order valence-electron chi connectivity index (χ1n) is 7.58. The minimum atomic E-state index is -0.296. The van der Waals surface area contributed by atoms with Crippen molar-refractivity contribution in [3.8, 4) is 12.1 Å². The van der Waals surface area contributed by atoms with Gasteiger partial charge >= 0.3 is 0 Å². The smallest absolute Gasteiger partial charge is 0.261 e. The molecule has 0 fully saturated rings. The van der Waals surface area contributed by atoms with E-state index in [1.807, 2.05) is 50.3 Å². The third-order valence-corrected chi connectivity index (χ3v) is 4.23. The second-order valence-corrected chi connectivity index (χ2v) is 5.81. The Morgan fingerprint density at radius 1 is 1.08 bits per heavy atom. The average molecular weight is 313 g/mol. The molecule has 0 saturated carbocycles. The van der Waals surface area contributed by atoms with Crippen LogP contribution in [0.2, 0.25) is 0 Å². The monoisotopic (exact) mass is 313 g/mol. The van der Waals surface area contributed by atoms with Crippen molar-refractivity contribution in [2.24, 2.45) is 0 Å². The molecule has 0 bridgehead atoms. The van der Waals surface area contributed by atoms with Crippen molar-refractivity contribution in [1.29, 1.82) is 10.5 Å². The van der Waals surface area contributed by atoms with Crippen LogP contribution in [0.25, 0.3) is 5.57 Å².